The molecule has 1 atom stereocenters. The lowest BCUT2D eigenvalue weighted by atomic mass is 9.95. The molecule has 222 valence electrons. The fraction of sp³-hybridized carbons (Fsp3) is 0.357. The van der Waals surface area contributed by atoms with E-state index in [9.17, 15) is 19.7 Å². The second-order valence-corrected chi connectivity index (χ2v) is 10.1. The van der Waals surface area contributed by atoms with E-state index in [1.165, 1.54) is 18.3 Å². The molecule has 2 heterocycles. The molecule has 1 amide bonds. The minimum atomic E-state index is -0.656. The van der Waals surface area contributed by atoms with Crippen LogP contribution in [0.3, 0.4) is 0 Å². The Morgan fingerprint density at radius 3 is 2.67 bits per heavy atom. The van der Waals surface area contributed by atoms with Crippen molar-refractivity contribution in [2.75, 3.05) is 51.3 Å². The molecule has 14 heteroatoms. The number of anilines is 1. The number of piperazine rings is 1. The Morgan fingerprint density at radius 2 is 1.95 bits per heavy atom. The number of thiocarbonyl (C=S) groups is 1. The topological polar surface area (TPSA) is 151 Å². The molecular formula is C28H33N7O6S. The molecule has 0 spiro atoms. The fourth-order valence-electron chi connectivity index (χ4n) is 4.70. The van der Waals surface area contributed by atoms with Crippen LogP contribution in [0.2, 0.25) is 0 Å². The number of esters is 1. The predicted octanol–water partition coefficient (Wildman–Crippen LogP) is 2.23. The van der Waals surface area contributed by atoms with Gasteiger partial charge in [0.15, 0.2) is 11.7 Å². The Morgan fingerprint density at radius 1 is 1.21 bits per heavy atom. The van der Waals surface area contributed by atoms with E-state index in [1.54, 1.807) is 44.2 Å². The number of hydrogen-bond donors (Lipinski definition) is 3. The van der Waals surface area contributed by atoms with Crippen molar-refractivity contribution in [3.05, 3.63) is 75.0 Å². The van der Waals surface area contributed by atoms with Gasteiger partial charge in [-0.1, -0.05) is 18.2 Å². The maximum atomic E-state index is 12.7. The summed E-state index contributed by atoms with van der Waals surface area (Å²) in [5.74, 6) is -0.676. The molecule has 0 aliphatic carbocycles. The van der Waals surface area contributed by atoms with Crippen LogP contribution in [0, 0.1) is 10.1 Å². The third-order valence-electron chi connectivity index (χ3n) is 6.81. The average molecular weight is 596 g/mol. The largest absolute Gasteiger partial charge is 0.483 e. The Bertz CT molecular complexity index is 1420. The van der Waals surface area contributed by atoms with Crippen LogP contribution in [0.15, 0.2) is 58.8 Å². The monoisotopic (exact) mass is 595 g/mol. The number of nitro benzene ring substituents is 1. The van der Waals surface area contributed by atoms with Crippen LogP contribution in [0.25, 0.3) is 0 Å². The van der Waals surface area contributed by atoms with Gasteiger partial charge in [0.1, 0.15) is 5.75 Å². The van der Waals surface area contributed by atoms with E-state index < -0.39 is 22.8 Å². The summed E-state index contributed by atoms with van der Waals surface area (Å²) in [6.45, 7) is 6.53. The number of ether oxygens (including phenoxy) is 2. The summed E-state index contributed by atoms with van der Waals surface area (Å²) >= 11 is 5.31. The van der Waals surface area contributed by atoms with E-state index in [2.05, 4.69) is 31.0 Å². The quantitative estimate of drug-likeness (QED) is 0.122. The smallest absolute Gasteiger partial charge is 0.338 e. The lowest BCUT2D eigenvalue weighted by Gasteiger charge is -2.34. The molecule has 0 saturated carbocycles. The van der Waals surface area contributed by atoms with Crippen molar-refractivity contribution in [2.45, 2.75) is 19.9 Å². The van der Waals surface area contributed by atoms with Crippen LogP contribution in [-0.2, 0) is 14.3 Å². The third-order valence-corrected chi connectivity index (χ3v) is 7.03. The lowest BCUT2D eigenvalue weighted by Crippen LogP contribution is -2.45. The zero-order chi connectivity index (χ0) is 30.2. The number of hydrogen-bond acceptors (Lipinski definition) is 10. The highest BCUT2D eigenvalue weighted by atomic mass is 32.1. The van der Waals surface area contributed by atoms with E-state index >= 15 is 0 Å². The summed E-state index contributed by atoms with van der Waals surface area (Å²) in [6, 6.07) is 10.9. The van der Waals surface area contributed by atoms with Crippen LogP contribution in [-0.4, -0.2) is 79.5 Å². The molecule has 2 aromatic carbocycles. The summed E-state index contributed by atoms with van der Waals surface area (Å²) in [7, 11) is 2.04. The summed E-state index contributed by atoms with van der Waals surface area (Å²) in [6.07, 6.45) is 1.39. The highest BCUT2D eigenvalue weighted by Crippen LogP contribution is 2.33. The number of carbonyl (C=O) groups is 2. The van der Waals surface area contributed by atoms with Gasteiger partial charge in [-0.3, -0.25) is 14.9 Å². The van der Waals surface area contributed by atoms with Gasteiger partial charge in [0.2, 0.25) is 0 Å². The number of rotatable bonds is 10. The molecule has 4 rings (SSSR count). The second-order valence-electron chi connectivity index (χ2n) is 9.70. The van der Waals surface area contributed by atoms with E-state index in [1.807, 2.05) is 7.05 Å². The molecule has 2 aliphatic rings. The SMILES string of the molecule is CCOC(=O)C1=C(C)NC(=S)N[C@@H]1c1ccccc1OCC(=O)NN=Cc1cc([N+](=O)[O-])ccc1N1CCN(C)CC1. The maximum Gasteiger partial charge on any atom is 0.338 e. The predicted molar refractivity (Wildman–Crippen MR) is 161 cm³/mol. The maximum absolute atomic E-state index is 12.7. The number of non-ortho nitro benzene ring substituents is 1. The third kappa shape index (κ3) is 7.39. The molecule has 2 aliphatic heterocycles. The number of benzene rings is 2. The van der Waals surface area contributed by atoms with Gasteiger partial charge in [0, 0.05) is 60.8 Å². The Labute approximate surface area is 248 Å². The molecule has 0 bridgehead atoms. The average Bonchev–Trinajstić information content (AvgIpc) is 2.96. The Balaban J connectivity index is 1.46. The molecule has 1 fully saturated rings. The molecule has 0 aromatic heterocycles. The number of allylic oxidation sites excluding steroid dienone is 1. The van der Waals surface area contributed by atoms with Gasteiger partial charge in [-0.2, -0.15) is 5.10 Å². The molecular weight excluding hydrogens is 562 g/mol. The van der Waals surface area contributed by atoms with Crippen LogP contribution in [0.5, 0.6) is 5.75 Å². The highest BCUT2D eigenvalue weighted by molar-refractivity contribution is 7.80. The molecule has 1 saturated heterocycles. The van der Waals surface area contributed by atoms with Gasteiger partial charge in [-0.15, -0.1) is 0 Å². The number of para-hydroxylation sites is 1. The summed E-state index contributed by atoms with van der Waals surface area (Å²) in [5.41, 5.74) is 5.16. The van der Waals surface area contributed by atoms with Gasteiger partial charge < -0.3 is 29.9 Å². The number of hydrazone groups is 1. The van der Waals surface area contributed by atoms with E-state index in [4.69, 9.17) is 21.7 Å². The number of likely N-dealkylation sites (N-methyl/N-ethyl adjacent to an activating group) is 1. The molecule has 3 N–H and O–H groups in total. The number of nitro groups is 1. The van der Waals surface area contributed by atoms with Crippen molar-refractivity contribution in [1.82, 2.24) is 21.0 Å². The van der Waals surface area contributed by atoms with Crippen LogP contribution < -0.4 is 25.7 Å². The summed E-state index contributed by atoms with van der Waals surface area (Å²) in [5, 5.41) is 21.8. The number of amides is 1. The van der Waals surface area contributed by atoms with Crippen molar-refractivity contribution >= 4 is 46.8 Å². The first-order chi connectivity index (χ1) is 20.2. The molecule has 42 heavy (non-hydrogen) atoms. The van der Waals surface area contributed by atoms with Crippen molar-refractivity contribution < 1.29 is 24.0 Å². The first-order valence-corrected chi connectivity index (χ1v) is 13.8. The van der Waals surface area contributed by atoms with Crippen LogP contribution in [0.1, 0.15) is 31.0 Å². The molecule has 0 radical (unpaired) electrons. The van der Waals surface area contributed by atoms with Crippen LogP contribution in [0.4, 0.5) is 11.4 Å². The molecule has 2 aromatic rings. The normalized spacial score (nSPS) is 17.5. The van der Waals surface area contributed by atoms with E-state index in [0.29, 0.717) is 33.3 Å². The number of carbonyl (C=O) groups excluding carboxylic acids is 2. The number of nitrogens with one attached hydrogen (secondary N) is 3. The van der Waals surface area contributed by atoms with Crippen molar-refractivity contribution in [3.63, 3.8) is 0 Å². The minimum absolute atomic E-state index is 0.0712. The van der Waals surface area contributed by atoms with Crippen molar-refractivity contribution in [2.24, 2.45) is 5.10 Å². The van der Waals surface area contributed by atoms with Gasteiger partial charge in [0.25, 0.3) is 11.6 Å². The highest BCUT2D eigenvalue weighted by Gasteiger charge is 2.32. The minimum Gasteiger partial charge on any atom is -0.483 e. The van der Waals surface area contributed by atoms with Gasteiger partial charge >= 0.3 is 5.97 Å². The first kappa shape index (κ1) is 30.4. The molecule has 13 nitrogen and oxygen atoms in total. The standard InChI is InChI=1S/C28H33N7O6S/c1-4-40-27(37)25-18(2)30-28(42)31-26(25)21-7-5-6-8-23(21)41-17-24(36)32-29-16-19-15-20(35(38)39)9-10-22(19)34-13-11-33(3)12-14-34/h5-10,15-16,26H,4,11-14,17H2,1-3H3,(H,32,36)(H2,30,31,42)/t26-/m1/s1. The van der Waals surface area contributed by atoms with E-state index in [0.717, 1.165) is 31.9 Å². The van der Waals surface area contributed by atoms with E-state index in [-0.39, 0.29) is 18.9 Å². The zero-order valence-electron chi connectivity index (χ0n) is 23.6. The van der Waals surface area contributed by atoms with Gasteiger partial charge in [-0.25, -0.2) is 10.2 Å². The Hall–Kier alpha value is -4.56. The second kappa shape index (κ2) is 13.9. The Kier molecular flexibility index (Phi) is 10.0. The molecule has 0 unspecified atom stereocenters. The van der Waals surface area contributed by atoms with Crippen LogP contribution >= 0.6 is 12.2 Å². The zero-order valence-corrected chi connectivity index (χ0v) is 24.4. The number of nitrogens with zero attached hydrogens (tertiary/aromatic N) is 4. The van der Waals surface area contributed by atoms with Gasteiger partial charge in [-0.05, 0) is 45.2 Å². The fourth-order valence-corrected chi connectivity index (χ4v) is 4.97. The first-order valence-electron chi connectivity index (χ1n) is 13.4. The van der Waals surface area contributed by atoms with Gasteiger partial charge in [0.05, 0.1) is 29.4 Å². The van der Waals surface area contributed by atoms with Crippen molar-refractivity contribution in [3.8, 4) is 5.75 Å². The lowest BCUT2D eigenvalue weighted by molar-refractivity contribution is -0.384. The van der Waals surface area contributed by atoms with Crippen molar-refractivity contribution in [1.29, 1.82) is 0 Å². The summed E-state index contributed by atoms with van der Waals surface area (Å²) < 4.78 is 11.1. The summed E-state index contributed by atoms with van der Waals surface area (Å²) in [4.78, 5) is 40.6.